The molecule has 2 rings (SSSR count). The van der Waals surface area contributed by atoms with E-state index in [0.717, 1.165) is 29.5 Å². The van der Waals surface area contributed by atoms with Gasteiger partial charge in [0.2, 0.25) is 0 Å². The Morgan fingerprint density at radius 2 is 1.69 bits per heavy atom. The van der Waals surface area contributed by atoms with Crippen LogP contribution >= 0.6 is 0 Å². The Morgan fingerprint density at radius 1 is 1.06 bits per heavy atom. The zero-order valence-corrected chi connectivity index (χ0v) is 20.7. The lowest BCUT2D eigenvalue weighted by Gasteiger charge is -2.29. The first kappa shape index (κ1) is 25.4. The number of rotatable bonds is 7. The van der Waals surface area contributed by atoms with Gasteiger partial charge in [0, 0.05) is 12.6 Å². The van der Waals surface area contributed by atoms with Gasteiger partial charge in [-0.1, -0.05) is 52.3 Å². The normalized spacial score (nSPS) is 12.2. The number of ether oxygens (including phenoxy) is 2. The molecule has 0 bridgehead atoms. The second-order valence-electron chi connectivity index (χ2n) is 9.28. The Labute approximate surface area is 192 Å². The minimum absolute atomic E-state index is 0.0978. The van der Waals surface area contributed by atoms with Crippen molar-refractivity contribution in [3.63, 3.8) is 0 Å². The fourth-order valence-corrected chi connectivity index (χ4v) is 3.52. The lowest BCUT2D eigenvalue weighted by Crippen LogP contribution is -2.31. The smallest absolute Gasteiger partial charge is 0.409 e. The molecule has 5 heteroatoms. The number of carbonyl (C=O) groups excluding carboxylic acids is 2. The van der Waals surface area contributed by atoms with E-state index in [-0.39, 0.29) is 11.5 Å². The molecule has 2 aromatic carbocycles. The van der Waals surface area contributed by atoms with E-state index in [1.807, 2.05) is 38.1 Å². The average Bonchev–Trinajstić information content (AvgIpc) is 2.74. The molecule has 5 nitrogen and oxygen atoms in total. The summed E-state index contributed by atoms with van der Waals surface area (Å²) in [4.78, 5) is 26.9. The number of hydrogen-bond donors (Lipinski definition) is 0. The van der Waals surface area contributed by atoms with Gasteiger partial charge in [0.15, 0.2) is 0 Å². The van der Waals surface area contributed by atoms with Crippen molar-refractivity contribution < 1.29 is 19.1 Å². The standard InChI is InChI=1S/C27H37NO4/c1-9-11-20-12-14-21(15-13-20)25(29)32-24-18(3)16-22(27(5,6)7)17-23(24)19(4)28(8)26(30)31-10-2/h12-17,19H,9-11H2,1-8H3. The van der Waals surface area contributed by atoms with Crippen molar-refractivity contribution in [3.05, 3.63) is 64.2 Å². The highest BCUT2D eigenvalue weighted by Gasteiger charge is 2.27. The number of carbonyl (C=O) groups is 2. The predicted octanol–water partition coefficient (Wildman–Crippen LogP) is 6.61. The van der Waals surface area contributed by atoms with Crippen LogP contribution in [0.15, 0.2) is 36.4 Å². The minimum Gasteiger partial charge on any atom is -0.450 e. The Morgan fingerprint density at radius 3 is 2.22 bits per heavy atom. The molecule has 0 N–H and O–H groups in total. The quantitative estimate of drug-likeness (QED) is 0.360. The summed E-state index contributed by atoms with van der Waals surface area (Å²) in [5, 5.41) is 0. The molecule has 0 heterocycles. The second kappa shape index (κ2) is 10.7. The van der Waals surface area contributed by atoms with Crippen LogP contribution in [0.4, 0.5) is 4.79 Å². The monoisotopic (exact) mass is 439 g/mol. The maximum atomic E-state index is 13.0. The molecule has 0 saturated heterocycles. The zero-order valence-electron chi connectivity index (χ0n) is 20.7. The van der Waals surface area contributed by atoms with Gasteiger partial charge < -0.3 is 14.4 Å². The highest BCUT2D eigenvalue weighted by atomic mass is 16.6. The molecule has 0 saturated carbocycles. The first-order valence-electron chi connectivity index (χ1n) is 11.3. The highest BCUT2D eigenvalue weighted by Crippen LogP contribution is 2.37. The van der Waals surface area contributed by atoms with E-state index < -0.39 is 12.1 Å². The van der Waals surface area contributed by atoms with Crippen LogP contribution in [-0.4, -0.2) is 30.6 Å². The molecule has 174 valence electrons. The van der Waals surface area contributed by atoms with Crippen molar-refractivity contribution in [3.8, 4) is 5.75 Å². The first-order valence-corrected chi connectivity index (χ1v) is 11.3. The number of amides is 1. The van der Waals surface area contributed by atoms with Crippen LogP contribution in [0.5, 0.6) is 5.75 Å². The van der Waals surface area contributed by atoms with Gasteiger partial charge in [-0.2, -0.15) is 0 Å². The summed E-state index contributed by atoms with van der Waals surface area (Å²) in [7, 11) is 1.69. The molecule has 1 amide bonds. The Hall–Kier alpha value is -2.82. The van der Waals surface area contributed by atoms with E-state index in [2.05, 4.69) is 27.7 Å². The predicted molar refractivity (Wildman–Crippen MR) is 128 cm³/mol. The molecular formula is C27H37NO4. The van der Waals surface area contributed by atoms with E-state index in [4.69, 9.17) is 9.47 Å². The van der Waals surface area contributed by atoms with Crippen molar-refractivity contribution in [2.45, 2.75) is 72.8 Å². The molecule has 0 spiro atoms. The minimum atomic E-state index is -0.414. The van der Waals surface area contributed by atoms with Crippen molar-refractivity contribution in [2.75, 3.05) is 13.7 Å². The molecule has 1 atom stereocenters. The van der Waals surface area contributed by atoms with Gasteiger partial charge in [0.25, 0.3) is 0 Å². The van der Waals surface area contributed by atoms with Crippen molar-refractivity contribution in [1.29, 1.82) is 0 Å². The highest BCUT2D eigenvalue weighted by molar-refractivity contribution is 5.91. The van der Waals surface area contributed by atoms with E-state index in [9.17, 15) is 9.59 Å². The van der Waals surface area contributed by atoms with E-state index >= 15 is 0 Å². The van der Waals surface area contributed by atoms with Crippen LogP contribution in [-0.2, 0) is 16.6 Å². The van der Waals surface area contributed by atoms with Crippen LogP contribution in [0.3, 0.4) is 0 Å². The summed E-state index contributed by atoms with van der Waals surface area (Å²) < 4.78 is 11.1. The third kappa shape index (κ3) is 6.12. The summed E-state index contributed by atoms with van der Waals surface area (Å²) >= 11 is 0. The number of aryl methyl sites for hydroxylation is 2. The van der Waals surface area contributed by atoms with Gasteiger partial charge in [-0.05, 0) is 67.5 Å². The molecule has 1 unspecified atom stereocenters. The van der Waals surface area contributed by atoms with Crippen LogP contribution in [0, 0.1) is 6.92 Å². The molecule has 0 aliphatic heterocycles. The summed E-state index contributed by atoms with van der Waals surface area (Å²) in [6.07, 6.45) is 1.62. The van der Waals surface area contributed by atoms with Gasteiger partial charge in [0.1, 0.15) is 5.75 Å². The lowest BCUT2D eigenvalue weighted by atomic mass is 9.84. The molecule has 0 aliphatic rings. The van der Waals surface area contributed by atoms with E-state index in [0.29, 0.717) is 17.9 Å². The Kier molecular flexibility index (Phi) is 8.48. The molecule has 0 aromatic heterocycles. The first-order chi connectivity index (χ1) is 15.0. The number of nitrogens with zero attached hydrogens (tertiary/aromatic N) is 1. The maximum Gasteiger partial charge on any atom is 0.409 e. The van der Waals surface area contributed by atoms with Gasteiger partial charge in [-0.15, -0.1) is 0 Å². The topological polar surface area (TPSA) is 55.8 Å². The lowest BCUT2D eigenvalue weighted by molar-refractivity contribution is 0.0728. The molecular weight excluding hydrogens is 402 g/mol. The Bertz CT molecular complexity index is 941. The molecule has 2 aromatic rings. The van der Waals surface area contributed by atoms with Crippen molar-refractivity contribution in [1.82, 2.24) is 4.90 Å². The third-order valence-corrected chi connectivity index (χ3v) is 5.68. The van der Waals surface area contributed by atoms with Crippen LogP contribution in [0.1, 0.15) is 86.6 Å². The molecule has 0 aliphatic carbocycles. The Balaban J connectivity index is 2.46. The van der Waals surface area contributed by atoms with Gasteiger partial charge in [-0.3, -0.25) is 0 Å². The molecule has 0 fully saturated rings. The van der Waals surface area contributed by atoms with E-state index in [1.165, 1.54) is 10.5 Å². The second-order valence-corrected chi connectivity index (χ2v) is 9.28. The molecule has 0 radical (unpaired) electrons. The van der Waals surface area contributed by atoms with Gasteiger partial charge >= 0.3 is 12.1 Å². The number of hydrogen-bond acceptors (Lipinski definition) is 4. The number of esters is 1. The summed E-state index contributed by atoms with van der Waals surface area (Å²) in [6, 6.07) is 11.3. The largest absolute Gasteiger partial charge is 0.450 e. The van der Waals surface area contributed by atoms with Crippen molar-refractivity contribution >= 4 is 12.1 Å². The van der Waals surface area contributed by atoms with Crippen LogP contribution < -0.4 is 4.74 Å². The third-order valence-electron chi connectivity index (χ3n) is 5.68. The summed E-state index contributed by atoms with van der Waals surface area (Å²) in [5.41, 5.74) is 4.34. The van der Waals surface area contributed by atoms with Gasteiger partial charge in [-0.25, -0.2) is 9.59 Å². The van der Waals surface area contributed by atoms with Crippen LogP contribution in [0.25, 0.3) is 0 Å². The zero-order chi connectivity index (χ0) is 24.1. The fraction of sp³-hybridized carbons (Fsp3) is 0.481. The summed E-state index contributed by atoms with van der Waals surface area (Å²) in [6.45, 7) is 14.4. The van der Waals surface area contributed by atoms with Crippen LogP contribution in [0.2, 0.25) is 0 Å². The fourth-order valence-electron chi connectivity index (χ4n) is 3.52. The van der Waals surface area contributed by atoms with E-state index in [1.54, 1.807) is 26.1 Å². The SMILES string of the molecule is CCCc1ccc(C(=O)Oc2c(C)cc(C(C)(C)C)cc2C(C)N(C)C(=O)OCC)cc1. The maximum absolute atomic E-state index is 13.0. The van der Waals surface area contributed by atoms with Gasteiger partial charge in [0.05, 0.1) is 18.2 Å². The van der Waals surface area contributed by atoms with Crippen molar-refractivity contribution in [2.24, 2.45) is 0 Å². The molecule has 32 heavy (non-hydrogen) atoms. The average molecular weight is 440 g/mol. The number of benzene rings is 2. The summed E-state index contributed by atoms with van der Waals surface area (Å²) in [5.74, 6) is 0.0798.